The number of aromatic amines is 1. The van der Waals surface area contributed by atoms with Crippen molar-refractivity contribution in [1.29, 1.82) is 0 Å². The van der Waals surface area contributed by atoms with Gasteiger partial charge in [0, 0.05) is 54.1 Å². The van der Waals surface area contributed by atoms with Crippen molar-refractivity contribution < 1.29 is 4.74 Å². The number of hydrogen-bond donors (Lipinski definition) is 1. The molecule has 1 aromatic carbocycles. The van der Waals surface area contributed by atoms with E-state index in [0.29, 0.717) is 11.6 Å². The molecule has 1 aliphatic rings. The Morgan fingerprint density at radius 1 is 1.20 bits per heavy atom. The molecule has 3 aromatic heterocycles. The summed E-state index contributed by atoms with van der Waals surface area (Å²) in [4.78, 5) is 25.8. The van der Waals surface area contributed by atoms with Gasteiger partial charge in [-0.3, -0.25) is 4.79 Å². The molecule has 35 heavy (non-hydrogen) atoms. The first-order chi connectivity index (χ1) is 17.0. The second kappa shape index (κ2) is 10.2. The zero-order valence-corrected chi connectivity index (χ0v) is 20.8. The second-order valence-electron chi connectivity index (χ2n) is 8.98. The highest BCUT2D eigenvalue weighted by molar-refractivity contribution is 6.30. The predicted molar refractivity (Wildman–Crippen MR) is 142 cm³/mol. The number of nitrogens with one attached hydrogen (secondary N) is 1. The van der Waals surface area contributed by atoms with Crippen molar-refractivity contribution in [3.63, 3.8) is 0 Å². The van der Waals surface area contributed by atoms with Gasteiger partial charge in [0.1, 0.15) is 5.65 Å². The van der Waals surface area contributed by atoms with E-state index in [4.69, 9.17) is 16.3 Å². The number of aromatic nitrogens is 3. The summed E-state index contributed by atoms with van der Waals surface area (Å²) in [5.41, 5.74) is 4.67. The first-order valence-corrected chi connectivity index (χ1v) is 12.4. The third kappa shape index (κ3) is 4.98. The molecular weight excluding hydrogens is 462 g/mol. The minimum atomic E-state index is -0.141. The molecule has 1 N–H and O–H groups in total. The smallest absolute Gasteiger partial charge is 0.251 e. The van der Waals surface area contributed by atoms with Crippen LogP contribution in [0.15, 0.2) is 65.8 Å². The van der Waals surface area contributed by atoms with E-state index < -0.39 is 0 Å². The molecule has 0 saturated carbocycles. The highest BCUT2D eigenvalue weighted by Gasteiger charge is 2.19. The number of morpholine rings is 1. The zero-order valence-electron chi connectivity index (χ0n) is 20.1. The summed E-state index contributed by atoms with van der Waals surface area (Å²) in [5.74, 6) is 0. The van der Waals surface area contributed by atoms with Crippen LogP contribution in [0, 0.1) is 0 Å². The Bertz CT molecular complexity index is 1380. The number of fused-ring (bicyclic) bond motifs is 1. The quantitative estimate of drug-likeness (QED) is 0.414. The molecule has 4 aromatic rings. The van der Waals surface area contributed by atoms with Gasteiger partial charge in [0.25, 0.3) is 5.56 Å². The molecule has 0 bridgehead atoms. The lowest BCUT2D eigenvalue weighted by molar-refractivity contribution is 0.122. The van der Waals surface area contributed by atoms with E-state index in [0.717, 1.165) is 66.3 Å². The third-order valence-electron chi connectivity index (χ3n) is 6.75. The molecule has 7 nitrogen and oxygen atoms in total. The van der Waals surface area contributed by atoms with Crippen LogP contribution in [0.4, 0.5) is 5.69 Å². The molecule has 1 aliphatic heterocycles. The lowest BCUT2D eigenvalue weighted by Crippen LogP contribution is -2.36. The molecule has 0 amide bonds. The van der Waals surface area contributed by atoms with E-state index >= 15 is 0 Å². The molecule has 0 aliphatic carbocycles. The van der Waals surface area contributed by atoms with Gasteiger partial charge in [0.15, 0.2) is 0 Å². The molecule has 1 unspecified atom stereocenters. The maximum Gasteiger partial charge on any atom is 0.251 e. The van der Waals surface area contributed by atoms with Gasteiger partial charge >= 0.3 is 0 Å². The second-order valence-corrected chi connectivity index (χ2v) is 9.41. The van der Waals surface area contributed by atoms with Crippen molar-refractivity contribution in [3.8, 4) is 11.1 Å². The molecule has 182 valence electrons. The van der Waals surface area contributed by atoms with Crippen LogP contribution in [0.2, 0.25) is 5.02 Å². The number of H-pyrrole nitrogens is 1. The van der Waals surface area contributed by atoms with Crippen molar-refractivity contribution in [2.75, 3.05) is 51.3 Å². The molecular formula is C27H30ClN5O2. The number of halogens is 1. The first-order valence-electron chi connectivity index (χ1n) is 12.0. The number of nitrogens with zero attached hydrogens (tertiary/aromatic N) is 4. The standard InChI is InChI=1S/C27H30ClN5O2/c1-3-31(2)18-25(20-5-4-6-21(28)13-20)33-8-7-19(14-26(33)34)24-17-30-27-23(24)15-22(16-29-27)32-9-11-35-12-10-32/h4-8,13-17,25H,3,9-12,18H2,1-2H3,(H,29,30). The zero-order chi connectivity index (χ0) is 24.4. The summed E-state index contributed by atoms with van der Waals surface area (Å²) < 4.78 is 7.28. The minimum absolute atomic E-state index is 0.0522. The van der Waals surface area contributed by atoms with E-state index in [9.17, 15) is 4.79 Å². The molecule has 0 spiro atoms. The molecule has 1 saturated heterocycles. The Kier molecular flexibility index (Phi) is 6.90. The van der Waals surface area contributed by atoms with Crippen LogP contribution in [-0.4, -0.2) is 65.9 Å². The van der Waals surface area contributed by atoms with Crippen LogP contribution in [0.25, 0.3) is 22.2 Å². The summed E-state index contributed by atoms with van der Waals surface area (Å²) in [5, 5.41) is 1.67. The maximum absolute atomic E-state index is 13.4. The molecule has 0 radical (unpaired) electrons. The monoisotopic (exact) mass is 491 g/mol. The first kappa shape index (κ1) is 23.6. The van der Waals surface area contributed by atoms with Gasteiger partial charge in [-0.1, -0.05) is 30.7 Å². The van der Waals surface area contributed by atoms with Crippen LogP contribution < -0.4 is 10.5 Å². The molecule has 8 heteroatoms. The maximum atomic E-state index is 13.4. The fourth-order valence-corrected chi connectivity index (χ4v) is 4.83. The van der Waals surface area contributed by atoms with Crippen molar-refractivity contribution in [2.45, 2.75) is 13.0 Å². The van der Waals surface area contributed by atoms with Gasteiger partial charge in [0.05, 0.1) is 31.1 Å². The molecule has 1 atom stereocenters. The average Bonchev–Trinajstić information content (AvgIpc) is 3.31. The fourth-order valence-electron chi connectivity index (χ4n) is 4.63. The summed E-state index contributed by atoms with van der Waals surface area (Å²) in [6, 6.07) is 13.5. The number of hydrogen-bond acceptors (Lipinski definition) is 5. The van der Waals surface area contributed by atoms with Crippen molar-refractivity contribution in [3.05, 3.63) is 82.0 Å². The Morgan fingerprint density at radius 2 is 2.03 bits per heavy atom. The Hall–Kier alpha value is -3.13. The summed E-state index contributed by atoms with van der Waals surface area (Å²) in [6.45, 7) is 6.83. The van der Waals surface area contributed by atoms with Gasteiger partial charge in [-0.05, 0) is 49.0 Å². The van der Waals surface area contributed by atoms with Gasteiger partial charge in [-0.25, -0.2) is 4.98 Å². The largest absolute Gasteiger partial charge is 0.378 e. The van der Waals surface area contributed by atoms with Gasteiger partial charge in [-0.15, -0.1) is 0 Å². The van der Waals surface area contributed by atoms with Crippen molar-refractivity contribution in [1.82, 2.24) is 19.4 Å². The van der Waals surface area contributed by atoms with Crippen LogP contribution in [0.3, 0.4) is 0 Å². The van der Waals surface area contributed by atoms with Gasteiger partial charge in [-0.2, -0.15) is 0 Å². The van der Waals surface area contributed by atoms with E-state index in [1.165, 1.54) is 0 Å². The van der Waals surface area contributed by atoms with E-state index in [1.807, 2.05) is 48.9 Å². The van der Waals surface area contributed by atoms with E-state index in [2.05, 4.69) is 39.8 Å². The lowest BCUT2D eigenvalue weighted by Gasteiger charge is -2.28. The Labute approximate surface area is 209 Å². The fraction of sp³-hybridized carbons (Fsp3) is 0.333. The predicted octanol–water partition coefficient (Wildman–Crippen LogP) is 4.42. The molecule has 1 fully saturated rings. The number of ether oxygens (including phenoxy) is 1. The Morgan fingerprint density at radius 3 is 2.77 bits per heavy atom. The van der Waals surface area contributed by atoms with Crippen LogP contribution in [0.5, 0.6) is 0 Å². The SMILES string of the molecule is CCN(C)CC(c1cccc(Cl)c1)n1ccc(-c2c[nH]c3ncc(N4CCOCC4)cc23)cc1=O. The van der Waals surface area contributed by atoms with Crippen LogP contribution >= 0.6 is 11.6 Å². The highest BCUT2D eigenvalue weighted by atomic mass is 35.5. The van der Waals surface area contributed by atoms with Crippen LogP contribution in [-0.2, 0) is 4.74 Å². The highest BCUT2D eigenvalue weighted by Crippen LogP contribution is 2.30. The van der Waals surface area contributed by atoms with Crippen molar-refractivity contribution >= 4 is 28.3 Å². The van der Waals surface area contributed by atoms with Gasteiger partial charge < -0.3 is 24.1 Å². The topological polar surface area (TPSA) is 66.4 Å². The summed E-state index contributed by atoms with van der Waals surface area (Å²) in [7, 11) is 2.06. The Balaban J connectivity index is 1.52. The number of pyridine rings is 2. The molecule has 4 heterocycles. The summed E-state index contributed by atoms with van der Waals surface area (Å²) in [6.07, 6.45) is 5.72. The number of likely N-dealkylation sites (N-methyl/N-ethyl adjacent to an activating group) is 1. The summed E-state index contributed by atoms with van der Waals surface area (Å²) >= 11 is 6.28. The third-order valence-corrected chi connectivity index (χ3v) is 6.98. The van der Waals surface area contributed by atoms with E-state index in [1.54, 1.807) is 10.6 Å². The molecule has 5 rings (SSSR count). The number of benzene rings is 1. The van der Waals surface area contributed by atoms with Gasteiger partial charge in [0.2, 0.25) is 0 Å². The normalized spacial score (nSPS) is 15.1. The van der Waals surface area contributed by atoms with Crippen molar-refractivity contribution in [2.24, 2.45) is 0 Å². The van der Waals surface area contributed by atoms with E-state index in [-0.39, 0.29) is 11.6 Å². The number of rotatable bonds is 7. The average molecular weight is 492 g/mol. The van der Waals surface area contributed by atoms with Crippen LogP contribution in [0.1, 0.15) is 18.5 Å². The lowest BCUT2D eigenvalue weighted by atomic mass is 10.0. The minimum Gasteiger partial charge on any atom is -0.378 e. The number of anilines is 1.